The maximum Gasteiger partial charge on any atom is 0.158 e. The number of hydrogen-bond donors (Lipinski definition) is 3. The second kappa shape index (κ2) is 6.90. The summed E-state index contributed by atoms with van der Waals surface area (Å²) in [5, 5.41) is 7.40. The van der Waals surface area contributed by atoms with Gasteiger partial charge in [0.15, 0.2) is 5.17 Å². The first-order valence-corrected chi connectivity index (χ1v) is 7.12. The summed E-state index contributed by atoms with van der Waals surface area (Å²) in [6.45, 7) is 2.71. The smallest absolute Gasteiger partial charge is 0.158 e. The predicted molar refractivity (Wildman–Crippen MR) is 83.8 cm³/mol. The second-order valence-corrected chi connectivity index (χ2v) is 5.23. The van der Waals surface area contributed by atoms with Crippen LogP contribution in [-0.4, -0.2) is 33.6 Å². The van der Waals surface area contributed by atoms with Gasteiger partial charge in [-0.05, 0) is 18.9 Å². The van der Waals surface area contributed by atoms with Crippen LogP contribution in [0.3, 0.4) is 0 Å². The molecule has 0 bridgehead atoms. The van der Waals surface area contributed by atoms with Gasteiger partial charge < -0.3 is 16.9 Å². The van der Waals surface area contributed by atoms with Gasteiger partial charge in [0, 0.05) is 24.1 Å². The van der Waals surface area contributed by atoms with Gasteiger partial charge in [-0.3, -0.25) is 0 Å². The number of nitrogens with one attached hydrogen (secondary N) is 1. The number of anilines is 1. The number of rotatable bonds is 5. The summed E-state index contributed by atoms with van der Waals surface area (Å²) >= 11 is 1.56. The Kier molecular flexibility index (Phi) is 4.94. The largest absolute Gasteiger partial charge is 0.378 e. The fraction of sp³-hybridized carbons (Fsp3) is 0.333. The van der Waals surface area contributed by atoms with E-state index in [0.29, 0.717) is 5.17 Å². The van der Waals surface area contributed by atoms with Crippen LogP contribution in [0.5, 0.6) is 0 Å². The molecule has 1 aliphatic rings. The standard InChI is InChI=1S/C12H17N7S/c1-8-10(5-19-14)17-7-18-11(8)15-3-2-9-4-16-12(13)20-6-9/h4-5,7H,2-3,6,14H2,1H3,(H2,13,16)(H,15,17,18). The van der Waals surface area contributed by atoms with E-state index in [1.807, 2.05) is 13.1 Å². The summed E-state index contributed by atoms with van der Waals surface area (Å²) < 4.78 is 0. The van der Waals surface area contributed by atoms with Crippen molar-refractivity contribution >= 4 is 29.0 Å². The Morgan fingerprint density at radius 3 is 3.05 bits per heavy atom. The minimum atomic E-state index is 0.624. The normalized spacial score (nSPS) is 15.1. The lowest BCUT2D eigenvalue weighted by Gasteiger charge is -2.12. The number of aliphatic imine (C=N–C) groups is 1. The molecule has 5 N–H and O–H groups in total. The second-order valence-electron chi connectivity index (χ2n) is 4.23. The summed E-state index contributed by atoms with van der Waals surface area (Å²) in [5.41, 5.74) is 8.50. The molecule has 0 saturated carbocycles. The van der Waals surface area contributed by atoms with Crippen molar-refractivity contribution in [1.29, 1.82) is 0 Å². The zero-order valence-electron chi connectivity index (χ0n) is 11.2. The molecule has 1 aromatic heterocycles. The van der Waals surface area contributed by atoms with Gasteiger partial charge in [0.1, 0.15) is 12.1 Å². The Hall–Kier alpha value is -2.09. The van der Waals surface area contributed by atoms with Crippen molar-refractivity contribution < 1.29 is 0 Å². The first-order valence-electron chi connectivity index (χ1n) is 6.13. The van der Waals surface area contributed by atoms with Gasteiger partial charge in [0.2, 0.25) is 0 Å². The van der Waals surface area contributed by atoms with Gasteiger partial charge in [-0.15, -0.1) is 0 Å². The van der Waals surface area contributed by atoms with E-state index in [0.717, 1.165) is 35.8 Å². The molecule has 0 radical (unpaired) electrons. The van der Waals surface area contributed by atoms with E-state index in [9.17, 15) is 0 Å². The fourth-order valence-electron chi connectivity index (χ4n) is 1.72. The van der Waals surface area contributed by atoms with Crippen molar-refractivity contribution in [2.75, 3.05) is 17.6 Å². The molecule has 2 heterocycles. The Balaban J connectivity index is 1.93. The van der Waals surface area contributed by atoms with Crippen molar-refractivity contribution in [3.05, 3.63) is 29.4 Å². The van der Waals surface area contributed by atoms with Crippen molar-refractivity contribution in [3.63, 3.8) is 0 Å². The lowest BCUT2D eigenvalue weighted by molar-refractivity contribution is 0.970. The van der Waals surface area contributed by atoms with E-state index < -0.39 is 0 Å². The number of hydrogen-bond acceptors (Lipinski definition) is 8. The Labute approximate surface area is 121 Å². The van der Waals surface area contributed by atoms with Crippen LogP contribution in [0, 0.1) is 6.92 Å². The van der Waals surface area contributed by atoms with Crippen molar-refractivity contribution in [2.24, 2.45) is 21.7 Å². The monoisotopic (exact) mass is 291 g/mol. The molecule has 8 heteroatoms. The van der Waals surface area contributed by atoms with Crippen molar-refractivity contribution in [2.45, 2.75) is 13.3 Å². The van der Waals surface area contributed by atoms with Gasteiger partial charge in [-0.1, -0.05) is 11.8 Å². The third-order valence-electron chi connectivity index (χ3n) is 2.84. The highest BCUT2D eigenvalue weighted by molar-refractivity contribution is 8.14. The molecule has 0 fully saturated rings. The molecule has 0 spiro atoms. The minimum Gasteiger partial charge on any atom is -0.378 e. The Morgan fingerprint density at radius 1 is 1.50 bits per heavy atom. The summed E-state index contributed by atoms with van der Waals surface area (Å²) in [6.07, 6.45) is 5.74. The molecule has 2 rings (SSSR count). The fourth-order valence-corrected chi connectivity index (χ4v) is 2.40. The Bertz CT molecular complexity index is 565. The summed E-state index contributed by atoms with van der Waals surface area (Å²) in [4.78, 5) is 12.4. The van der Waals surface area contributed by atoms with E-state index in [1.54, 1.807) is 11.8 Å². The van der Waals surface area contributed by atoms with Gasteiger partial charge in [0.05, 0.1) is 11.9 Å². The number of amidine groups is 1. The van der Waals surface area contributed by atoms with Crippen LogP contribution in [0.4, 0.5) is 5.82 Å². The quantitative estimate of drug-likeness (QED) is 0.420. The van der Waals surface area contributed by atoms with Crippen LogP contribution >= 0.6 is 11.8 Å². The highest BCUT2D eigenvalue weighted by Gasteiger charge is 2.07. The van der Waals surface area contributed by atoms with E-state index in [2.05, 4.69) is 25.4 Å². The van der Waals surface area contributed by atoms with Crippen molar-refractivity contribution in [1.82, 2.24) is 9.97 Å². The topological polar surface area (TPSA) is 115 Å². The van der Waals surface area contributed by atoms with E-state index >= 15 is 0 Å². The van der Waals surface area contributed by atoms with Crippen LogP contribution in [0.1, 0.15) is 17.7 Å². The lowest BCUT2D eigenvalue weighted by atomic mass is 10.2. The van der Waals surface area contributed by atoms with Crippen LogP contribution in [-0.2, 0) is 0 Å². The maximum absolute atomic E-state index is 5.59. The summed E-state index contributed by atoms with van der Waals surface area (Å²) in [7, 11) is 0. The molecule has 0 aliphatic carbocycles. The van der Waals surface area contributed by atoms with E-state index in [4.69, 9.17) is 11.6 Å². The van der Waals surface area contributed by atoms with Gasteiger partial charge >= 0.3 is 0 Å². The maximum atomic E-state index is 5.59. The molecular weight excluding hydrogens is 274 g/mol. The van der Waals surface area contributed by atoms with Crippen LogP contribution < -0.4 is 16.9 Å². The van der Waals surface area contributed by atoms with E-state index in [-0.39, 0.29) is 0 Å². The molecule has 0 atom stereocenters. The molecule has 0 saturated heterocycles. The highest BCUT2D eigenvalue weighted by Crippen LogP contribution is 2.17. The number of nitrogens with zero attached hydrogens (tertiary/aromatic N) is 4. The molecule has 20 heavy (non-hydrogen) atoms. The number of aromatic nitrogens is 2. The Morgan fingerprint density at radius 2 is 2.35 bits per heavy atom. The third kappa shape index (κ3) is 3.70. The van der Waals surface area contributed by atoms with Crippen LogP contribution in [0.2, 0.25) is 0 Å². The molecule has 7 nitrogen and oxygen atoms in total. The van der Waals surface area contributed by atoms with Gasteiger partial charge in [-0.25, -0.2) is 15.0 Å². The van der Waals surface area contributed by atoms with E-state index in [1.165, 1.54) is 18.1 Å². The molecule has 0 aromatic carbocycles. The molecule has 106 valence electrons. The zero-order valence-corrected chi connectivity index (χ0v) is 12.0. The van der Waals surface area contributed by atoms with Crippen LogP contribution in [0.25, 0.3) is 0 Å². The molecule has 1 aliphatic heterocycles. The highest BCUT2D eigenvalue weighted by atomic mass is 32.2. The number of thioether (sulfide) groups is 1. The van der Waals surface area contributed by atoms with Gasteiger partial charge in [-0.2, -0.15) is 5.10 Å². The first kappa shape index (κ1) is 14.3. The van der Waals surface area contributed by atoms with Crippen LogP contribution in [0.15, 0.2) is 28.2 Å². The summed E-state index contributed by atoms with van der Waals surface area (Å²) in [6, 6.07) is 0. The number of hydrazone groups is 1. The van der Waals surface area contributed by atoms with Crippen molar-refractivity contribution in [3.8, 4) is 0 Å². The first-order chi connectivity index (χ1) is 9.70. The predicted octanol–water partition coefficient (Wildman–Crippen LogP) is 0.825. The SMILES string of the molecule is Cc1c(C=NN)ncnc1NCCC1=CN=C(N)SC1. The third-order valence-corrected chi connectivity index (χ3v) is 3.75. The average Bonchev–Trinajstić information content (AvgIpc) is 2.45. The molecule has 1 aromatic rings. The zero-order chi connectivity index (χ0) is 14.4. The molecule has 0 unspecified atom stereocenters. The number of nitrogens with two attached hydrogens (primary N) is 2. The molecular formula is C12H17N7S. The minimum absolute atomic E-state index is 0.624. The lowest BCUT2D eigenvalue weighted by Crippen LogP contribution is -2.13. The molecule has 0 amide bonds. The van der Waals surface area contributed by atoms with Gasteiger partial charge in [0.25, 0.3) is 0 Å². The average molecular weight is 291 g/mol. The summed E-state index contributed by atoms with van der Waals surface area (Å²) in [5.74, 6) is 6.83.